The second-order valence-corrected chi connectivity index (χ2v) is 21.9. The van der Waals surface area contributed by atoms with Crippen LogP contribution in [0.4, 0.5) is 0 Å². The lowest BCUT2D eigenvalue weighted by Gasteiger charge is -2.36. The molecule has 0 saturated carbocycles. The number of β-amino-alcohol motifs (C(OH)–C–C–N with tert-alkyl or cyclic N) is 1. The van der Waals surface area contributed by atoms with Gasteiger partial charge < -0.3 is 25.7 Å². The van der Waals surface area contributed by atoms with Crippen LogP contribution >= 0.6 is 22.7 Å². The third-order valence-corrected chi connectivity index (χ3v) is 16.0. The summed E-state index contributed by atoms with van der Waals surface area (Å²) >= 11 is 3.20. The summed E-state index contributed by atoms with van der Waals surface area (Å²) in [7, 11) is 0. The average molecular weight is 982 g/mol. The molecule has 0 aliphatic carbocycles. The van der Waals surface area contributed by atoms with Crippen molar-refractivity contribution in [2.24, 2.45) is 10.4 Å². The number of aliphatic imine (C=N–C) groups is 1. The van der Waals surface area contributed by atoms with E-state index < -0.39 is 41.5 Å². The molecule has 1 saturated heterocycles. The molecule has 17 heteroatoms. The van der Waals surface area contributed by atoms with Gasteiger partial charge in [-0.1, -0.05) is 87.5 Å². The molecule has 2 unspecified atom stereocenters. The Kier molecular flexibility index (Phi) is 13.5. The predicted molar refractivity (Wildman–Crippen MR) is 271 cm³/mol. The first kappa shape index (κ1) is 48.6. The number of hydrogen-bond acceptors (Lipinski definition) is 12. The van der Waals surface area contributed by atoms with Crippen LogP contribution in [0.15, 0.2) is 77.2 Å². The largest absolute Gasteiger partial charge is 0.481 e. The fourth-order valence-corrected chi connectivity index (χ4v) is 12.0. The molecule has 3 aliphatic heterocycles. The minimum atomic E-state index is -0.971. The van der Waals surface area contributed by atoms with E-state index in [1.165, 1.54) is 10.5 Å². The molecule has 364 valence electrons. The zero-order valence-corrected chi connectivity index (χ0v) is 42.4. The van der Waals surface area contributed by atoms with Gasteiger partial charge in [0.1, 0.15) is 29.0 Å². The number of carboxylic acids is 1. The summed E-state index contributed by atoms with van der Waals surface area (Å²) in [5, 5.41) is 36.5. The normalized spacial score (nSPS) is 18.8. The summed E-state index contributed by atoms with van der Waals surface area (Å²) in [6.45, 7) is 16.7. The number of aliphatic hydroxyl groups is 1. The van der Waals surface area contributed by atoms with Gasteiger partial charge in [-0.15, -0.1) is 32.9 Å². The van der Waals surface area contributed by atoms with Crippen molar-refractivity contribution < 1.29 is 29.4 Å². The van der Waals surface area contributed by atoms with Crippen LogP contribution in [0.2, 0.25) is 0 Å². The Bertz CT molecular complexity index is 3020. The Balaban J connectivity index is 0.886. The molecule has 0 radical (unpaired) electrons. The Morgan fingerprint density at radius 3 is 2.31 bits per heavy atom. The number of thiophene rings is 1. The number of likely N-dealkylation sites (tertiary alicyclic amines) is 1. The van der Waals surface area contributed by atoms with Gasteiger partial charge in [0.2, 0.25) is 17.7 Å². The molecule has 3 aliphatic rings. The van der Waals surface area contributed by atoms with Crippen molar-refractivity contribution in [1.29, 1.82) is 0 Å². The lowest BCUT2D eigenvalue weighted by Crippen LogP contribution is -2.58. The Hall–Kier alpha value is -6.40. The number of hydrogen-bond donors (Lipinski definition) is 4. The van der Waals surface area contributed by atoms with Crippen molar-refractivity contribution in [2.75, 3.05) is 19.6 Å². The standard InChI is InChI=1S/C53H59N9O6S2/c1-28-31(4)70-52-45(28)46(56-41(23-44(65)66)49-59-58-32(5)62(49)52)36-16-14-35(15-17-36)39-11-9-10-34-20-21-60(25-40(34)39)26-43(64)57-48(53(6,7)8)51(68)61-24-38(63)22-42(61)50(67)55-29(2)33-12-18-37(19-13-33)47-30(3)54-27-69-47/h9-19,27,29,38,41-42,48,63H,20-26H2,1-8H3,(H,55,67)(H,57,64)(H,65,66)/t29?,38-,41+,42+,48?/m1/s1. The van der Waals surface area contributed by atoms with Gasteiger partial charge in [0.25, 0.3) is 0 Å². The molecule has 4 N–H and O–H groups in total. The van der Waals surface area contributed by atoms with Gasteiger partial charge in [-0.2, -0.15) is 0 Å². The molecule has 0 spiro atoms. The number of carbonyl (C=O) groups is 4. The van der Waals surface area contributed by atoms with E-state index in [1.54, 1.807) is 22.7 Å². The highest BCUT2D eigenvalue weighted by atomic mass is 32.1. The quantitative estimate of drug-likeness (QED) is 0.0957. The summed E-state index contributed by atoms with van der Waals surface area (Å²) in [6, 6.07) is 19.5. The van der Waals surface area contributed by atoms with Gasteiger partial charge in [-0.25, -0.2) is 4.98 Å². The topological polar surface area (TPSA) is 195 Å². The van der Waals surface area contributed by atoms with Crippen LogP contribution in [0.25, 0.3) is 26.6 Å². The van der Waals surface area contributed by atoms with E-state index in [-0.39, 0.29) is 43.8 Å². The summed E-state index contributed by atoms with van der Waals surface area (Å²) in [4.78, 5) is 69.7. The Morgan fingerprint density at radius 1 is 0.914 bits per heavy atom. The zero-order valence-electron chi connectivity index (χ0n) is 40.7. The van der Waals surface area contributed by atoms with Crippen molar-refractivity contribution in [3.8, 4) is 26.6 Å². The van der Waals surface area contributed by atoms with Crippen LogP contribution in [-0.4, -0.2) is 107 Å². The first-order valence-corrected chi connectivity index (χ1v) is 25.4. The van der Waals surface area contributed by atoms with Crippen molar-refractivity contribution in [3.63, 3.8) is 0 Å². The number of aromatic nitrogens is 4. The minimum Gasteiger partial charge on any atom is -0.481 e. The first-order valence-electron chi connectivity index (χ1n) is 23.7. The third kappa shape index (κ3) is 9.59. The molecule has 5 atom stereocenters. The second-order valence-electron chi connectivity index (χ2n) is 19.9. The lowest BCUT2D eigenvalue weighted by molar-refractivity contribution is -0.144. The molecule has 6 heterocycles. The molecule has 3 aromatic heterocycles. The molecule has 3 aromatic carbocycles. The number of aliphatic carboxylic acids is 1. The van der Waals surface area contributed by atoms with Gasteiger partial charge in [0.15, 0.2) is 5.82 Å². The molecule has 0 bridgehead atoms. The van der Waals surface area contributed by atoms with E-state index in [9.17, 15) is 29.4 Å². The third-order valence-electron chi connectivity index (χ3n) is 13.9. The number of benzene rings is 3. The zero-order chi connectivity index (χ0) is 49.8. The summed E-state index contributed by atoms with van der Waals surface area (Å²) in [6.07, 6.45) is -0.280. The Morgan fingerprint density at radius 2 is 1.63 bits per heavy atom. The van der Waals surface area contributed by atoms with Crippen molar-refractivity contribution >= 4 is 52.1 Å². The second kappa shape index (κ2) is 19.4. The van der Waals surface area contributed by atoms with Gasteiger partial charge >= 0.3 is 5.97 Å². The number of carbonyl (C=O) groups excluding carboxylic acids is 3. The average Bonchev–Trinajstić information content (AvgIpc) is 4.09. The number of nitrogens with zero attached hydrogens (tertiary/aromatic N) is 7. The van der Waals surface area contributed by atoms with Crippen molar-refractivity contribution in [1.82, 2.24) is 40.2 Å². The monoisotopic (exact) mass is 981 g/mol. The number of fused-ring (bicyclic) bond motifs is 4. The fourth-order valence-electron chi connectivity index (χ4n) is 9.97. The van der Waals surface area contributed by atoms with E-state index in [0.29, 0.717) is 30.5 Å². The smallest absolute Gasteiger partial charge is 0.306 e. The molecular formula is C53H59N9O6S2. The first-order chi connectivity index (χ1) is 33.4. The van der Waals surface area contributed by atoms with Crippen LogP contribution in [0, 0.1) is 33.1 Å². The summed E-state index contributed by atoms with van der Waals surface area (Å²) in [5.74, 6) is -0.859. The number of aryl methyl sites for hydroxylation is 3. The van der Waals surface area contributed by atoms with E-state index >= 15 is 0 Å². The molecule has 6 aromatic rings. The van der Waals surface area contributed by atoms with Crippen LogP contribution in [0.5, 0.6) is 0 Å². The van der Waals surface area contributed by atoms with E-state index in [2.05, 4.69) is 74.9 Å². The van der Waals surface area contributed by atoms with Crippen LogP contribution in [0.1, 0.15) is 108 Å². The number of amides is 3. The molecule has 3 amide bonds. The Labute approximate surface area is 415 Å². The number of rotatable bonds is 12. The van der Waals surface area contributed by atoms with Crippen molar-refractivity contribution in [2.45, 2.75) is 111 Å². The molecule has 15 nitrogen and oxygen atoms in total. The number of nitrogens with one attached hydrogen (secondary N) is 2. The van der Waals surface area contributed by atoms with E-state index in [0.717, 1.165) is 71.4 Å². The maximum Gasteiger partial charge on any atom is 0.306 e. The number of aliphatic hydroxyl groups excluding tert-OH is 1. The van der Waals surface area contributed by atoms with Gasteiger partial charge in [0.05, 0.1) is 46.9 Å². The van der Waals surface area contributed by atoms with E-state index in [4.69, 9.17) is 4.99 Å². The SMILES string of the molecule is Cc1ncsc1-c1ccc(C(C)NC(=O)[C@@H]2C[C@@H](O)CN2C(=O)C(NC(=O)CN2CCc3cccc(-c4ccc(C5=N[C@@H](CC(=O)O)c6nnc(C)n6-c6sc(C)c(C)c65)cc4)c3C2)C(C)(C)C)cc1. The van der Waals surface area contributed by atoms with Crippen molar-refractivity contribution in [3.05, 3.63) is 128 Å². The molecular weight excluding hydrogens is 923 g/mol. The maximum absolute atomic E-state index is 14.5. The van der Waals surface area contributed by atoms with E-state index in [1.807, 2.05) is 88.0 Å². The van der Waals surface area contributed by atoms with Crippen LogP contribution in [-0.2, 0) is 32.1 Å². The van der Waals surface area contributed by atoms with Crippen LogP contribution < -0.4 is 10.6 Å². The fraction of sp³-hybridized carbons (Fsp3) is 0.396. The minimum absolute atomic E-state index is 0.0135. The summed E-state index contributed by atoms with van der Waals surface area (Å²) < 4.78 is 1.95. The van der Waals surface area contributed by atoms with Gasteiger partial charge in [0, 0.05) is 42.1 Å². The highest BCUT2D eigenvalue weighted by Crippen LogP contribution is 2.40. The lowest BCUT2D eigenvalue weighted by atomic mass is 9.85. The highest BCUT2D eigenvalue weighted by molar-refractivity contribution is 7.15. The number of thiazole rings is 1. The molecule has 70 heavy (non-hydrogen) atoms. The maximum atomic E-state index is 14.5. The predicted octanol–water partition coefficient (Wildman–Crippen LogP) is 7.45. The molecule has 1 fully saturated rings. The highest BCUT2D eigenvalue weighted by Gasteiger charge is 2.45. The van der Waals surface area contributed by atoms with Crippen LogP contribution in [0.3, 0.4) is 0 Å². The van der Waals surface area contributed by atoms with Gasteiger partial charge in [-0.3, -0.25) is 33.6 Å². The van der Waals surface area contributed by atoms with Gasteiger partial charge in [-0.05, 0) is 85.4 Å². The number of carboxylic acid groups (broad SMARTS) is 1. The summed E-state index contributed by atoms with van der Waals surface area (Å²) in [5.41, 5.74) is 12.0. The molecule has 9 rings (SSSR count).